The van der Waals surface area contributed by atoms with Crippen LogP contribution in [0.4, 0.5) is 0 Å². The highest BCUT2D eigenvalue weighted by Gasteiger charge is 2.13. The third-order valence-electron chi connectivity index (χ3n) is 2.58. The van der Waals surface area contributed by atoms with Crippen molar-refractivity contribution in [1.82, 2.24) is 4.98 Å². The first-order valence-electron chi connectivity index (χ1n) is 5.41. The van der Waals surface area contributed by atoms with Crippen molar-refractivity contribution in [2.45, 2.75) is 26.4 Å². The number of aliphatic hydroxyl groups excluding tert-OH is 1. The van der Waals surface area contributed by atoms with Crippen molar-refractivity contribution in [2.24, 2.45) is 0 Å². The Morgan fingerprint density at radius 3 is 2.82 bits per heavy atom. The molecule has 1 aromatic carbocycles. The molecule has 2 rings (SSSR count). The molecule has 0 aliphatic heterocycles. The predicted molar refractivity (Wildman–Crippen MR) is 74.4 cm³/mol. The minimum Gasteiger partial charge on any atom is -0.388 e. The van der Waals surface area contributed by atoms with Gasteiger partial charge < -0.3 is 5.11 Å². The molecule has 17 heavy (non-hydrogen) atoms. The summed E-state index contributed by atoms with van der Waals surface area (Å²) in [5.74, 6) is 0. The van der Waals surface area contributed by atoms with Crippen LogP contribution in [0.15, 0.2) is 28.1 Å². The lowest BCUT2D eigenvalue weighted by Crippen LogP contribution is -2.03. The zero-order chi connectivity index (χ0) is 12.4. The highest BCUT2D eigenvalue weighted by Crippen LogP contribution is 2.27. The van der Waals surface area contributed by atoms with E-state index in [1.165, 1.54) is 0 Å². The number of aliphatic hydroxyl groups is 1. The van der Waals surface area contributed by atoms with Crippen molar-refractivity contribution in [1.29, 1.82) is 0 Å². The third kappa shape index (κ3) is 3.15. The topological polar surface area (TPSA) is 33.1 Å². The van der Waals surface area contributed by atoms with Crippen molar-refractivity contribution in [3.8, 4) is 0 Å². The summed E-state index contributed by atoms with van der Waals surface area (Å²) in [6.45, 7) is 4.00. The van der Waals surface area contributed by atoms with E-state index >= 15 is 0 Å². The Morgan fingerprint density at radius 2 is 2.18 bits per heavy atom. The molecule has 2 aromatic rings. The molecule has 0 spiro atoms. The zero-order valence-corrected chi connectivity index (χ0v) is 12.2. The lowest BCUT2D eigenvalue weighted by atomic mass is 10.0. The second-order valence-corrected chi connectivity index (χ2v) is 6.02. The van der Waals surface area contributed by atoms with E-state index in [0.29, 0.717) is 6.42 Å². The van der Waals surface area contributed by atoms with Gasteiger partial charge in [-0.2, -0.15) is 0 Å². The van der Waals surface area contributed by atoms with Gasteiger partial charge in [0, 0.05) is 16.3 Å². The van der Waals surface area contributed by atoms with Crippen LogP contribution in [0, 0.1) is 13.8 Å². The van der Waals surface area contributed by atoms with Crippen LogP contribution in [-0.2, 0) is 6.42 Å². The number of nitrogens with zero attached hydrogens (tertiary/aromatic N) is 1. The van der Waals surface area contributed by atoms with Gasteiger partial charge in [-0.25, -0.2) is 4.98 Å². The Hall–Kier alpha value is -0.710. The van der Waals surface area contributed by atoms with Gasteiger partial charge in [0.25, 0.3) is 0 Å². The summed E-state index contributed by atoms with van der Waals surface area (Å²) >= 11 is 5.09. The van der Waals surface area contributed by atoms with Gasteiger partial charge >= 0.3 is 0 Å². The number of aromatic nitrogens is 1. The zero-order valence-electron chi connectivity index (χ0n) is 9.77. The molecule has 1 heterocycles. The molecule has 0 amide bonds. The second-order valence-electron chi connectivity index (χ2n) is 4.10. The fourth-order valence-corrected chi connectivity index (χ4v) is 2.86. The molecule has 90 valence electrons. The maximum absolute atomic E-state index is 10.2. The number of aryl methyl sites for hydroxylation is 2. The number of benzene rings is 1. The Labute approximate surface area is 113 Å². The highest BCUT2D eigenvalue weighted by atomic mass is 79.9. The lowest BCUT2D eigenvalue weighted by Gasteiger charge is -2.12. The van der Waals surface area contributed by atoms with Gasteiger partial charge in [-0.05, 0) is 25.5 Å². The number of halogens is 1. The molecule has 0 aliphatic carbocycles. The van der Waals surface area contributed by atoms with E-state index in [2.05, 4.69) is 20.9 Å². The van der Waals surface area contributed by atoms with Crippen molar-refractivity contribution in [2.75, 3.05) is 0 Å². The summed E-state index contributed by atoms with van der Waals surface area (Å²) in [5, 5.41) is 13.3. The maximum Gasteiger partial charge on any atom is 0.0897 e. The number of rotatable bonds is 3. The normalized spacial score (nSPS) is 12.7. The van der Waals surface area contributed by atoms with Crippen molar-refractivity contribution < 1.29 is 5.11 Å². The molecular weight excluding hydrogens is 298 g/mol. The minimum atomic E-state index is -0.509. The van der Waals surface area contributed by atoms with Crippen molar-refractivity contribution >= 4 is 27.3 Å². The molecule has 0 fully saturated rings. The Balaban J connectivity index is 2.19. The fraction of sp³-hybridized carbons (Fsp3) is 0.308. The summed E-state index contributed by atoms with van der Waals surface area (Å²) in [6.07, 6.45) is 0.0534. The molecular formula is C13H14BrNOS. The monoisotopic (exact) mass is 311 g/mol. The molecule has 0 saturated heterocycles. The standard InChI is InChI=1S/C13H14BrNOS/c1-8-3-4-12(14)11(5-8)13(16)6-10-7-17-9(2)15-10/h3-5,7,13,16H,6H2,1-2H3. The van der Waals surface area contributed by atoms with Gasteiger partial charge in [-0.3, -0.25) is 0 Å². The largest absolute Gasteiger partial charge is 0.388 e. The SMILES string of the molecule is Cc1ccc(Br)c(C(O)Cc2csc(C)n2)c1. The van der Waals surface area contributed by atoms with E-state index in [0.717, 1.165) is 26.3 Å². The molecule has 0 radical (unpaired) electrons. The second kappa shape index (κ2) is 5.29. The van der Waals surface area contributed by atoms with Crippen molar-refractivity contribution in [3.05, 3.63) is 49.9 Å². The average molecular weight is 312 g/mol. The first-order valence-corrected chi connectivity index (χ1v) is 7.08. The Kier molecular flexibility index (Phi) is 3.97. The number of hydrogen-bond donors (Lipinski definition) is 1. The molecule has 1 aromatic heterocycles. The highest BCUT2D eigenvalue weighted by molar-refractivity contribution is 9.10. The van der Waals surface area contributed by atoms with E-state index in [-0.39, 0.29) is 0 Å². The van der Waals surface area contributed by atoms with Crippen LogP contribution in [-0.4, -0.2) is 10.1 Å². The summed E-state index contributed by atoms with van der Waals surface area (Å²) in [7, 11) is 0. The molecule has 0 aliphatic rings. The lowest BCUT2D eigenvalue weighted by molar-refractivity contribution is 0.176. The van der Waals surface area contributed by atoms with Gasteiger partial charge in [0.2, 0.25) is 0 Å². The van der Waals surface area contributed by atoms with E-state index < -0.39 is 6.10 Å². The number of hydrogen-bond acceptors (Lipinski definition) is 3. The van der Waals surface area contributed by atoms with E-state index in [9.17, 15) is 5.11 Å². The summed E-state index contributed by atoms with van der Waals surface area (Å²) < 4.78 is 0.947. The van der Waals surface area contributed by atoms with E-state index in [1.54, 1.807) is 11.3 Å². The smallest absolute Gasteiger partial charge is 0.0897 e. The molecule has 2 nitrogen and oxygen atoms in total. The molecule has 0 bridgehead atoms. The average Bonchev–Trinajstić information content (AvgIpc) is 2.67. The maximum atomic E-state index is 10.2. The minimum absolute atomic E-state index is 0.509. The van der Waals surface area contributed by atoms with Gasteiger partial charge in [-0.15, -0.1) is 11.3 Å². The van der Waals surface area contributed by atoms with Crippen LogP contribution in [0.5, 0.6) is 0 Å². The van der Waals surface area contributed by atoms with Crippen LogP contribution in [0.2, 0.25) is 0 Å². The predicted octanol–water partition coefficient (Wildman–Crippen LogP) is 3.80. The van der Waals surface area contributed by atoms with Crippen LogP contribution < -0.4 is 0 Å². The van der Waals surface area contributed by atoms with Crippen LogP contribution in [0.1, 0.15) is 27.9 Å². The Bertz CT molecular complexity index is 524. The van der Waals surface area contributed by atoms with Gasteiger partial charge in [0.1, 0.15) is 0 Å². The van der Waals surface area contributed by atoms with Crippen LogP contribution in [0.3, 0.4) is 0 Å². The fourth-order valence-electron chi connectivity index (χ4n) is 1.73. The molecule has 1 atom stereocenters. The van der Waals surface area contributed by atoms with E-state index in [4.69, 9.17) is 0 Å². The van der Waals surface area contributed by atoms with Gasteiger partial charge in [0.05, 0.1) is 16.8 Å². The van der Waals surface area contributed by atoms with Gasteiger partial charge in [-0.1, -0.05) is 33.6 Å². The molecule has 0 saturated carbocycles. The Morgan fingerprint density at radius 1 is 1.41 bits per heavy atom. The molecule has 4 heteroatoms. The van der Waals surface area contributed by atoms with Gasteiger partial charge in [0.15, 0.2) is 0 Å². The quantitative estimate of drug-likeness (QED) is 0.935. The summed E-state index contributed by atoms with van der Waals surface area (Å²) in [4.78, 5) is 4.37. The molecule has 1 unspecified atom stereocenters. The first kappa shape index (κ1) is 12.7. The number of thiazole rings is 1. The molecule has 1 N–H and O–H groups in total. The summed E-state index contributed by atoms with van der Waals surface area (Å²) in [5.41, 5.74) is 3.03. The third-order valence-corrected chi connectivity index (χ3v) is 4.12. The van der Waals surface area contributed by atoms with Crippen LogP contribution >= 0.6 is 27.3 Å². The van der Waals surface area contributed by atoms with E-state index in [1.807, 2.05) is 37.4 Å². The van der Waals surface area contributed by atoms with Crippen LogP contribution in [0.25, 0.3) is 0 Å². The first-order chi connectivity index (χ1) is 8.06. The summed E-state index contributed by atoms with van der Waals surface area (Å²) in [6, 6.07) is 6.00. The van der Waals surface area contributed by atoms with Crippen molar-refractivity contribution in [3.63, 3.8) is 0 Å².